The van der Waals surface area contributed by atoms with Gasteiger partial charge in [0.15, 0.2) is 0 Å². The highest BCUT2D eigenvalue weighted by molar-refractivity contribution is 6.98. The maximum Gasteiger partial charge on any atom is 0.260 e. The Morgan fingerprint density at radius 1 is 0.680 bits per heavy atom. The molecule has 2 aliphatic heterocycles. The van der Waals surface area contributed by atoms with E-state index in [0.29, 0.717) is 0 Å². The van der Waals surface area contributed by atoms with Crippen molar-refractivity contribution in [2.24, 2.45) is 0 Å². The van der Waals surface area contributed by atoms with Crippen molar-refractivity contribution in [3.63, 3.8) is 0 Å². The minimum Gasteiger partial charge on any atom is -0.458 e. The average Bonchev–Trinajstić information content (AvgIpc) is 2.60. The summed E-state index contributed by atoms with van der Waals surface area (Å²) in [7, 11) is 0. The van der Waals surface area contributed by atoms with Crippen molar-refractivity contribution in [2.75, 3.05) is 0 Å². The SMILES string of the molecule is CC(C)(C)c1cc2c3c(c1)Oc1ccccc1B3c1ccccc1O2. The second-order valence-electron chi connectivity index (χ2n) is 7.85. The summed E-state index contributed by atoms with van der Waals surface area (Å²) in [6, 6.07) is 21.0. The quantitative estimate of drug-likeness (QED) is 0.404. The molecule has 122 valence electrons. The van der Waals surface area contributed by atoms with Gasteiger partial charge in [-0.25, -0.2) is 0 Å². The van der Waals surface area contributed by atoms with Crippen molar-refractivity contribution in [3.05, 3.63) is 66.2 Å². The third-order valence-electron chi connectivity index (χ3n) is 5.16. The first kappa shape index (κ1) is 14.6. The van der Waals surface area contributed by atoms with E-state index in [1.807, 2.05) is 12.1 Å². The molecule has 3 aromatic carbocycles. The molecule has 0 amide bonds. The van der Waals surface area contributed by atoms with Crippen LogP contribution in [-0.4, -0.2) is 6.71 Å². The summed E-state index contributed by atoms with van der Waals surface area (Å²) in [5, 5.41) is 0. The van der Waals surface area contributed by atoms with Gasteiger partial charge in [0.05, 0.1) is 0 Å². The van der Waals surface area contributed by atoms with Crippen LogP contribution in [0.25, 0.3) is 0 Å². The van der Waals surface area contributed by atoms with Gasteiger partial charge in [0.1, 0.15) is 23.0 Å². The highest BCUT2D eigenvalue weighted by Gasteiger charge is 2.40. The first-order valence-electron chi connectivity index (χ1n) is 8.74. The lowest BCUT2D eigenvalue weighted by Crippen LogP contribution is -2.57. The van der Waals surface area contributed by atoms with E-state index in [2.05, 4.69) is 69.3 Å². The molecule has 0 fully saturated rings. The van der Waals surface area contributed by atoms with E-state index in [1.54, 1.807) is 0 Å². The third kappa shape index (κ3) is 2.12. The molecule has 25 heavy (non-hydrogen) atoms. The van der Waals surface area contributed by atoms with E-state index in [-0.39, 0.29) is 12.1 Å². The molecular formula is C22H19BO2. The van der Waals surface area contributed by atoms with E-state index in [4.69, 9.17) is 9.47 Å². The largest absolute Gasteiger partial charge is 0.458 e. The van der Waals surface area contributed by atoms with E-state index in [0.717, 1.165) is 28.5 Å². The number of benzene rings is 3. The molecule has 2 aliphatic rings. The molecule has 0 aliphatic carbocycles. The molecule has 3 aromatic rings. The first-order valence-corrected chi connectivity index (χ1v) is 8.74. The number of hydrogen-bond acceptors (Lipinski definition) is 2. The normalized spacial score (nSPS) is 14.0. The number of para-hydroxylation sites is 2. The van der Waals surface area contributed by atoms with Crippen molar-refractivity contribution in [2.45, 2.75) is 26.2 Å². The van der Waals surface area contributed by atoms with Gasteiger partial charge in [0, 0.05) is 5.46 Å². The van der Waals surface area contributed by atoms with Gasteiger partial charge < -0.3 is 9.47 Å². The number of fused-ring (bicyclic) bond motifs is 4. The Bertz CT molecular complexity index is 930. The van der Waals surface area contributed by atoms with Crippen LogP contribution < -0.4 is 25.9 Å². The molecule has 0 saturated carbocycles. The summed E-state index contributed by atoms with van der Waals surface area (Å²) in [5.74, 6) is 3.71. The van der Waals surface area contributed by atoms with Gasteiger partial charge in [0.2, 0.25) is 0 Å². The number of hydrogen-bond donors (Lipinski definition) is 0. The summed E-state index contributed by atoms with van der Waals surface area (Å²) >= 11 is 0. The molecule has 2 nitrogen and oxygen atoms in total. The van der Waals surface area contributed by atoms with Gasteiger partial charge in [-0.1, -0.05) is 57.2 Å². The summed E-state index contributed by atoms with van der Waals surface area (Å²) in [6.45, 7) is 6.81. The maximum atomic E-state index is 6.30. The standard InChI is InChI=1S/C22H19BO2/c1-22(2,3)14-12-19-21-20(13-14)25-18-11-7-5-9-16(18)23(21)15-8-4-6-10-17(15)24-19/h4-13H,1-3H3. The monoisotopic (exact) mass is 326 g/mol. The summed E-state index contributed by atoms with van der Waals surface area (Å²) in [5.41, 5.74) is 4.80. The van der Waals surface area contributed by atoms with Crippen molar-refractivity contribution in [3.8, 4) is 23.0 Å². The maximum absolute atomic E-state index is 6.30. The Balaban J connectivity index is 1.83. The van der Waals surface area contributed by atoms with E-state index in [9.17, 15) is 0 Å². The van der Waals surface area contributed by atoms with E-state index < -0.39 is 0 Å². The van der Waals surface area contributed by atoms with Gasteiger partial charge in [-0.05, 0) is 46.2 Å². The molecule has 0 bridgehead atoms. The molecule has 0 saturated heterocycles. The first-order chi connectivity index (χ1) is 12.0. The Hall–Kier alpha value is -2.68. The zero-order valence-electron chi connectivity index (χ0n) is 14.7. The number of ether oxygens (including phenoxy) is 2. The Labute approximate surface area is 148 Å². The lowest BCUT2D eigenvalue weighted by molar-refractivity contribution is 0.458. The lowest BCUT2D eigenvalue weighted by atomic mass is 9.35. The molecule has 5 rings (SSSR count). The van der Waals surface area contributed by atoms with E-state index in [1.165, 1.54) is 16.5 Å². The molecule has 0 unspecified atom stereocenters. The molecule has 0 spiro atoms. The van der Waals surface area contributed by atoms with Gasteiger partial charge in [-0.2, -0.15) is 0 Å². The topological polar surface area (TPSA) is 18.5 Å². The highest BCUT2D eigenvalue weighted by Crippen LogP contribution is 2.38. The van der Waals surface area contributed by atoms with E-state index >= 15 is 0 Å². The van der Waals surface area contributed by atoms with Crippen LogP contribution in [0.5, 0.6) is 23.0 Å². The molecular weight excluding hydrogens is 307 g/mol. The van der Waals surface area contributed by atoms with Crippen LogP contribution in [0.4, 0.5) is 0 Å². The van der Waals surface area contributed by atoms with Crippen molar-refractivity contribution in [1.82, 2.24) is 0 Å². The zero-order valence-corrected chi connectivity index (χ0v) is 14.7. The molecule has 3 heteroatoms. The van der Waals surface area contributed by atoms with Crippen LogP contribution in [0.2, 0.25) is 0 Å². The van der Waals surface area contributed by atoms with Crippen LogP contribution in [0, 0.1) is 0 Å². The highest BCUT2D eigenvalue weighted by atomic mass is 16.5. The second kappa shape index (κ2) is 4.92. The van der Waals surface area contributed by atoms with Crippen LogP contribution >= 0.6 is 0 Å². The molecule has 2 heterocycles. The molecule has 0 radical (unpaired) electrons. The van der Waals surface area contributed by atoms with Crippen LogP contribution in [0.3, 0.4) is 0 Å². The summed E-state index contributed by atoms with van der Waals surface area (Å²) in [6.07, 6.45) is 0. The third-order valence-corrected chi connectivity index (χ3v) is 5.16. The Morgan fingerprint density at radius 2 is 1.16 bits per heavy atom. The fourth-order valence-electron chi connectivity index (χ4n) is 3.83. The average molecular weight is 326 g/mol. The Kier molecular flexibility index (Phi) is 2.88. The molecule has 0 aromatic heterocycles. The number of rotatable bonds is 0. The smallest absolute Gasteiger partial charge is 0.260 e. The van der Waals surface area contributed by atoms with Crippen molar-refractivity contribution < 1.29 is 9.47 Å². The molecule has 0 N–H and O–H groups in total. The fourth-order valence-corrected chi connectivity index (χ4v) is 3.83. The van der Waals surface area contributed by atoms with Crippen molar-refractivity contribution in [1.29, 1.82) is 0 Å². The van der Waals surface area contributed by atoms with Gasteiger partial charge in [-0.3, -0.25) is 0 Å². The fraction of sp³-hybridized carbons (Fsp3) is 0.182. The van der Waals surface area contributed by atoms with Crippen LogP contribution in [0.15, 0.2) is 60.7 Å². The van der Waals surface area contributed by atoms with Gasteiger partial charge in [-0.15, -0.1) is 0 Å². The van der Waals surface area contributed by atoms with Crippen LogP contribution in [0.1, 0.15) is 26.3 Å². The predicted molar refractivity (Wildman–Crippen MR) is 103 cm³/mol. The minimum absolute atomic E-state index is 0.0294. The summed E-state index contributed by atoms with van der Waals surface area (Å²) < 4.78 is 12.6. The van der Waals surface area contributed by atoms with Crippen molar-refractivity contribution >= 4 is 23.1 Å². The summed E-state index contributed by atoms with van der Waals surface area (Å²) in [4.78, 5) is 0. The second-order valence-corrected chi connectivity index (χ2v) is 7.85. The van der Waals surface area contributed by atoms with Gasteiger partial charge >= 0.3 is 0 Å². The predicted octanol–water partition coefficient (Wildman–Crippen LogP) is 3.71. The molecule has 0 atom stereocenters. The Morgan fingerprint density at radius 3 is 1.64 bits per heavy atom. The van der Waals surface area contributed by atoms with Crippen LogP contribution in [-0.2, 0) is 5.41 Å². The lowest BCUT2D eigenvalue weighted by Gasteiger charge is -2.34. The minimum atomic E-state index is 0.0294. The zero-order chi connectivity index (χ0) is 17.2. The van der Waals surface area contributed by atoms with Gasteiger partial charge in [0.25, 0.3) is 6.71 Å².